The van der Waals surface area contributed by atoms with E-state index in [2.05, 4.69) is 19.6 Å². The molecule has 1 aliphatic heterocycles. The first kappa shape index (κ1) is 17.2. The zero-order valence-corrected chi connectivity index (χ0v) is 16.4. The molecule has 0 bridgehead atoms. The van der Waals surface area contributed by atoms with Crippen molar-refractivity contribution in [2.75, 3.05) is 6.54 Å². The van der Waals surface area contributed by atoms with Crippen molar-refractivity contribution in [1.82, 2.24) is 29.2 Å². The third kappa shape index (κ3) is 2.58. The number of aromatic amines is 1. The molecular weight excluding hydrogens is 356 g/mol. The van der Waals surface area contributed by atoms with E-state index in [0.29, 0.717) is 30.2 Å². The largest absolute Gasteiger partial charge is 0.336 e. The van der Waals surface area contributed by atoms with Crippen LogP contribution in [-0.2, 0) is 31.2 Å². The van der Waals surface area contributed by atoms with Crippen LogP contribution in [0.5, 0.6) is 0 Å². The quantitative estimate of drug-likeness (QED) is 0.746. The van der Waals surface area contributed by atoms with Crippen LogP contribution in [0.2, 0.25) is 0 Å². The Kier molecular flexibility index (Phi) is 3.72. The van der Waals surface area contributed by atoms with Crippen LogP contribution in [-0.4, -0.2) is 41.7 Å². The van der Waals surface area contributed by atoms with Gasteiger partial charge in [-0.05, 0) is 37.8 Å². The molecule has 1 N–H and O–H groups in total. The van der Waals surface area contributed by atoms with Crippen LogP contribution in [0.4, 0.5) is 0 Å². The summed E-state index contributed by atoms with van der Waals surface area (Å²) in [5, 5.41) is 3.32. The van der Waals surface area contributed by atoms with E-state index in [1.54, 1.807) is 11.7 Å². The molecule has 4 heterocycles. The third-order valence-corrected chi connectivity index (χ3v) is 6.14. The van der Waals surface area contributed by atoms with Gasteiger partial charge < -0.3 is 9.47 Å². The summed E-state index contributed by atoms with van der Waals surface area (Å²) in [6.07, 6.45) is 5.51. The van der Waals surface area contributed by atoms with Gasteiger partial charge in [0.25, 0.3) is 5.56 Å². The topological polar surface area (TPSA) is 88.8 Å². The summed E-state index contributed by atoms with van der Waals surface area (Å²) in [6.45, 7) is 5.08. The van der Waals surface area contributed by atoms with Gasteiger partial charge in [0, 0.05) is 37.4 Å². The average molecular weight is 380 g/mol. The number of imidazole rings is 1. The summed E-state index contributed by atoms with van der Waals surface area (Å²) < 4.78 is 3.93. The fourth-order valence-electron chi connectivity index (χ4n) is 4.38. The molecule has 2 aliphatic rings. The Morgan fingerprint density at radius 1 is 1.32 bits per heavy atom. The number of aryl methyl sites for hydroxylation is 3. The summed E-state index contributed by atoms with van der Waals surface area (Å²) in [6, 6.07) is 0.616. The Morgan fingerprint density at radius 3 is 2.86 bits per heavy atom. The Bertz CT molecular complexity index is 1160. The van der Waals surface area contributed by atoms with E-state index in [1.165, 1.54) is 18.5 Å². The molecular formula is C20H24N6O2. The van der Waals surface area contributed by atoms with Crippen molar-refractivity contribution in [1.29, 1.82) is 0 Å². The highest BCUT2D eigenvalue weighted by atomic mass is 16.2. The number of nitrogens with zero attached hydrogens (tertiary/aromatic N) is 5. The smallest absolute Gasteiger partial charge is 0.273 e. The van der Waals surface area contributed by atoms with Crippen molar-refractivity contribution < 1.29 is 4.79 Å². The number of H-pyrrole nitrogens is 1. The molecule has 28 heavy (non-hydrogen) atoms. The van der Waals surface area contributed by atoms with Crippen LogP contribution >= 0.6 is 0 Å². The van der Waals surface area contributed by atoms with Gasteiger partial charge in [-0.25, -0.2) is 9.97 Å². The Balaban J connectivity index is 1.41. The number of fused-ring (bicyclic) bond motifs is 2. The maximum atomic E-state index is 13.0. The number of nitrogens with one attached hydrogen (secondary N) is 1. The summed E-state index contributed by atoms with van der Waals surface area (Å²) in [4.78, 5) is 36.3. The molecule has 0 unspecified atom stereocenters. The number of carbonyl (C=O) groups is 1. The van der Waals surface area contributed by atoms with Crippen LogP contribution in [0, 0.1) is 13.8 Å². The number of hydrogen-bond acceptors (Lipinski definition) is 4. The van der Waals surface area contributed by atoms with Gasteiger partial charge in [0.2, 0.25) is 5.91 Å². The predicted molar refractivity (Wildman–Crippen MR) is 104 cm³/mol. The minimum absolute atomic E-state index is 0.0614. The SMILES string of the molecule is Cc1nc2c(c(C)c1CC(=O)N1CCc3c(ncn3C3CC3)C1)c(=O)[nH]n2C. The number of rotatable bonds is 3. The lowest BCUT2D eigenvalue weighted by atomic mass is 10.0. The second-order valence-corrected chi connectivity index (χ2v) is 8.02. The van der Waals surface area contributed by atoms with Crippen molar-refractivity contribution >= 4 is 16.9 Å². The highest BCUT2D eigenvalue weighted by molar-refractivity contribution is 5.84. The minimum atomic E-state index is -0.163. The van der Waals surface area contributed by atoms with Gasteiger partial charge in [0.05, 0.1) is 30.4 Å². The van der Waals surface area contributed by atoms with Crippen LogP contribution in [0.25, 0.3) is 11.0 Å². The maximum absolute atomic E-state index is 13.0. The number of hydrogen-bond donors (Lipinski definition) is 1. The fourth-order valence-corrected chi connectivity index (χ4v) is 4.38. The first-order valence-electron chi connectivity index (χ1n) is 9.81. The van der Waals surface area contributed by atoms with Gasteiger partial charge in [-0.15, -0.1) is 0 Å². The molecule has 0 saturated heterocycles. The zero-order chi connectivity index (χ0) is 19.6. The van der Waals surface area contributed by atoms with E-state index >= 15 is 0 Å². The normalized spacial score (nSPS) is 16.6. The molecule has 1 saturated carbocycles. The van der Waals surface area contributed by atoms with E-state index in [1.807, 2.05) is 25.1 Å². The molecule has 146 valence electrons. The highest BCUT2D eigenvalue weighted by Gasteiger charge is 2.31. The van der Waals surface area contributed by atoms with Gasteiger partial charge in [0.1, 0.15) is 0 Å². The summed E-state index contributed by atoms with van der Waals surface area (Å²) >= 11 is 0. The first-order chi connectivity index (χ1) is 13.4. The second kappa shape index (κ2) is 6.05. The fraction of sp³-hybridized carbons (Fsp3) is 0.500. The Morgan fingerprint density at radius 2 is 2.11 bits per heavy atom. The number of aromatic nitrogens is 5. The molecule has 1 aliphatic carbocycles. The Labute approximate surface area is 162 Å². The molecule has 0 spiro atoms. The van der Waals surface area contributed by atoms with E-state index in [0.717, 1.165) is 28.9 Å². The van der Waals surface area contributed by atoms with Gasteiger partial charge in [-0.1, -0.05) is 0 Å². The van der Waals surface area contributed by atoms with Crippen LogP contribution < -0.4 is 5.56 Å². The summed E-state index contributed by atoms with van der Waals surface area (Å²) in [5.41, 5.74) is 5.26. The van der Waals surface area contributed by atoms with Crippen molar-refractivity contribution in [3.8, 4) is 0 Å². The van der Waals surface area contributed by atoms with Crippen molar-refractivity contribution in [3.63, 3.8) is 0 Å². The number of pyridine rings is 1. The molecule has 3 aromatic heterocycles. The second-order valence-electron chi connectivity index (χ2n) is 8.02. The molecule has 3 aromatic rings. The molecule has 1 amide bonds. The van der Waals surface area contributed by atoms with Crippen molar-refractivity contribution in [3.05, 3.63) is 44.9 Å². The Hall–Kier alpha value is -2.90. The lowest BCUT2D eigenvalue weighted by Crippen LogP contribution is -2.37. The van der Waals surface area contributed by atoms with Gasteiger partial charge in [-0.3, -0.25) is 19.4 Å². The number of carbonyl (C=O) groups excluding carboxylic acids is 1. The highest BCUT2D eigenvalue weighted by Crippen LogP contribution is 2.37. The molecule has 0 atom stereocenters. The molecule has 5 rings (SSSR count). The van der Waals surface area contributed by atoms with E-state index < -0.39 is 0 Å². The van der Waals surface area contributed by atoms with Gasteiger partial charge in [0.15, 0.2) is 5.65 Å². The van der Waals surface area contributed by atoms with Crippen LogP contribution in [0.15, 0.2) is 11.1 Å². The van der Waals surface area contributed by atoms with Crippen molar-refractivity contribution in [2.45, 2.75) is 52.1 Å². The standard InChI is InChI=1S/C20H24N6O2/c1-11-14(12(2)22-19-18(11)20(28)23-24(19)3)8-17(27)25-7-6-16-15(9-25)21-10-26(16)13-4-5-13/h10,13H,4-9H2,1-3H3,(H,23,28). The summed E-state index contributed by atoms with van der Waals surface area (Å²) in [7, 11) is 1.77. The molecule has 0 aromatic carbocycles. The molecule has 8 heteroatoms. The molecule has 8 nitrogen and oxygen atoms in total. The van der Waals surface area contributed by atoms with Crippen LogP contribution in [0.1, 0.15) is 47.1 Å². The lowest BCUT2D eigenvalue weighted by Gasteiger charge is -2.27. The van der Waals surface area contributed by atoms with E-state index in [9.17, 15) is 9.59 Å². The third-order valence-electron chi connectivity index (χ3n) is 6.14. The van der Waals surface area contributed by atoms with Crippen molar-refractivity contribution in [2.24, 2.45) is 7.05 Å². The average Bonchev–Trinajstić information content (AvgIpc) is 3.35. The van der Waals surface area contributed by atoms with E-state index in [-0.39, 0.29) is 17.9 Å². The van der Waals surface area contributed by atoms with Gasteiger partial charge in [-0.2, -0.15) is 0 Å². The monoisotopic (exact) mass is 380 g/mol. The number of amides is 1. The van der Waals surface area contributed by atoms with Gasteiger partial charge >= 0.3 is 0 Å². The molecule has 1 fully saturated rings. The van der Waals surface area contributed by atoms with E-state index in [4.69, 9.17) is 0 Å². The zero-order valence-electron chi connectivity index (χ0n) is 16.4. The lowest BCUT2D eigenvalue weighted by molar-refractivity contribution is -0.131. The predicted octanol–water partition coefficient (Wildman–Crippen LogP) is 1.54. The molecule has 0 radical (unpaired) electrons. The summed E-state index contributed by atoms with van der Waals surface area (Å²) in [5.74, 6) is 0.0614. The maximum Gasteiger partial charge on any atom is 0.273 e. The first-order valence-corrected chi connectivity index (χ1v) is 9.81. The van der Waals surface area contributed by atoms with Crippen LogP contribution in [0.3, 0.4) is 0 Å². The minimum Gasteiger partial charge on any atom is -0.336 e.